The fraction of sp³-hybridized carbons (Fsp3) is 0.429. The number of benzene rings is 1. The van der Waals surface area contributed by atoms with Gasteiger partial charge in [0.2, 0.25) is 6.41 Å². The fourth-order valence-electron chi connectivity index (χ4n) is 3.31. The Hall–Kier alpha value is -2.61. The summed E-state index contributed by atoms with van der Waals surface area (Å²) < 4.78 is 10.3. The van der Waals surface area contributed by atoms with E-state index in [9.17, 15) is 14.4 Å². The van der Waals surface area contributed by atoms with Crippen LogP contribution in [0.15, 0.2) is 46.6 Å². The summed E-state index contributed by atoms with van der Waals surface area (Å²) in [5, 5.41) is 2.61. The molecule has 0 spiro atoms. The van der Waals surface area contributed by atoms with Crippen molar-refractivity contribution >= 4 is 35.8 Å². The lowest BCUT2D eigenvalue weighted by Gasteiger charge is -2.32. The van der Waals surface area contributed by atoms with Crippen LogP contribution in [0.3, 0.4) is 0 Å². The van der Waals surface area contributed by atoms with Crippen LogP contribution in [0, 0.1) is 5.92 Å². The average Bonchev–Trinajstić information content (AvgIpc) is 2.73. The van der Waals surface area contributed by atoms with Gasteiger partial charge in [-0.15, -0.1) is 0 Å². The topological polar surface area (TPSA) is 94.1 Å². The highest BCUT2D eigenvalue weighted by atomic mass is 32.2. The Kier molecular flexibility index (Phi) is 8.92. The smallest absolute Gasteiger partial charge is 0.336 e. The molecule has 0 fully saturated rings. The van der Waals surface area contributed by atoms with Gasteiger partial charge in [-0.3, -0.25) is 14.6 Å². The van der Waals surface area contributed by atoms with Crippen LogP contribution in [0.5, 0.6) is 0 Å². The van der Waals surface area contributed by atoms with Gasteiger partial charge < -0.3 is 14.8 Å². The molecular weight excluding hydrogens is 392 g/mol. The molecule has 0 aliphatic carbocycles. The van der Waals surface area contributed by atoms with Gasteiger partial charge in [-0.05, 0) is 19.4 Å². The van der Waals surface area contributed by atoms with Crippen molar-refractivity contribution in [2.75, 3.05) is 31.8 Å². The SMILES string of the molecule is CCOC(=O)C1=C(CSCCNC=O)N=C(C)C(C(=O)OC)C1c1ccccc1. The first-order valence-corrected chi connectivity index (χ1v) is 10.5. The lowest BCUT2D eigenvalue weighted by atomic mass is 9.75. The minimum atomic E-state index is -0.702. The van der Waals surface area contributed by atoms with Crippen molar-refractivity contribution < 1.29 is 23.9 Å². The minimum Gasteiger partial charge on any atom is -0.468 e. The molecule has 1 amide bonds. The maximum absolute atomic E-state index is 12.9. The summed E-state index contributed by atoms with van der Waals surface area (Å²) in [5.74, 6) is -1.03. The number of nitrogens with one attached hydrogen (secondary N) is 1. The summed E-state index contributed by atoms with van der Waals surface area (Å²) in [7, 11) is 1.33. The molecule has 0 aromatic heterocycles. The molecule has 0 saturated carbocycles. The Morgan fingerprint density at radius 3 is 2.62 bits per heavy atom. The predicted octanol–water partition coefficient (Wildman–Crippen LogP) is 2.33. The summed E-state index contributed by atoms with van der Waals surface area (Å²) in [6.45, 7) is 4.26. The highest BCUT2D eigenvalue weighted by molar-refractivity contribution is 7.99. The number of hydrogen-bond acceptors (Lipinski definition) is 7. The summed E-state index contributed by atoms with van der Waals surface area (Å²) in [6, 6.07) is 9.39. The van der Waals surface area contributed by atoms with Crippen LogP contribution in [0.2, 0.25) is 0 Å². The second kappa shape index (κ2) is 11.4. The van der Waals surface area contributed by atoms with E-state index in [0.717, 1.165) is 5.56 Å². The number of thioether (sulfide) groups is 1. The van der Waals surface area contributed by atoms with Crippen LogP contribution < -0.4 is 5.32 Å². The lowest BCUT2D eigenvalue weighted by Crippen LogP contribution is -2.36. The van der Waals surface area contributed by atoms with Gasteiger partial charge in [-0.25, -0.2) is 4.79 Å². The van der Waals surface area contributed by atoms with E-state index in [1.54, 1.807) is 25.6 Å². The molecule has 1 aromatic rings. The molecule has 2 atom stereocenters. The van der Waals surface area contributed by atoms with Gasteiger partial charge in [0.15, 0.2) is 0 Å². The summed E-state index contributed by atoms with van der Waals surface area (Å²) in [4.78, 5) is 40.5. The fourth-order valence-corrected chi connectivity index (χ4v) is 4.13. The number of nitrogens with zero attached hydrogens (tertiary/aromatic N) is 1. The Labute approximate surface area is 174 Å². The third-order valence-electron chi connectivity index (χ3n) is 4.54. The molecule has 0 radical (unpaired) electrons. The van der Waals surface area contributed by atoms with Crippen LogP contribution in [0.4, 0.5) is 0 Å². The van der Waals surface area contributed by atoms with E-state index in [0.29, 0.717) is 41.4 Å². The molecule has 7 nitrogen and oxygen atoms in total. The number of hydrogen-bond donors (Lipinski definition) is 1. The molecule has 1 heterocycles. The van der Waals surface area contributed by atoms with E-state index in [-0.39, 0.29) is 6.61 Å². The van der Waals surface area contributed by atoms with E-state index >= 15 is 0 Å². The zero-order chi connectivity index (χ0) is 21.2. The molecule has 0 bridgehead atoms. The van der Waals surface area contributed by atoms with E-state index in [1.807, 2.05) is 30.3 Å². The van der Waals surface area contributed by atoms with Crippen molar-refractivity contribution in [3.63, 3.8) is 0 Å². The van der Waals surface area contributed by atoms with Gasteiger partial charge in [-0.2, -0.15) is 11.8 Å². The first-order valence-electron chi connectivity index (χ1n) is 9.38. The van der Waals surface area contributed by atoms with Crippen LogP contribution in [0.25, 0.3) is 0 Å². The van der Waals surface area contributed by atoms with Crippen molar-refractivity contribution in [1.29, 1.82) is 0 Å². The van der Waals surface area contributed by atoms with Gasteiger partial charge in [0, 0.05) is 29.7 Å². The molecule has 2 rings (SSSR count). The lowest BCUT2D eigenvalue weighted by molar-refractivity contribution is -0.144. The number of methoxy groups -OCH3 is 1. The van der Waals surface area contributed by atoms with E-state index < -0.39 is 23.8 Å². The maximum Gasteiger partial charge on any atom is 0.336 e. The number of carbonyl (C=O) groups is 3. The zero-order valence-corrected chi connectivity index (χ0v) is 17.7. The Balaban J connectivity index is 2.50. The summed E-state index contributed by atoms with van der Waals surface area (Å²) >= 11 is 1.54. The van der Waals surface area contributed by atoms with Gasteiger partial charge in [0.05, 0.1) is 25.0 Å². The first-order chi connectivity index (χ1) is 14.0. The zero-order valence-electron chi connectivity index (χ0n) is 16.8. The van der Waals surface area contributed by atoms with E-state index in [2.05, 4.69) is 10.3 Å². The van der Waals surface area contributed by atoms with Gasteiger partial charge in [0.25, 0.3) is 0 Å². The van der Waals surface area contributed by atoms with Crippen molar-refractivity contribution in [3.05, 3.63) is 47.2 Å². The van der Waals surface area contributed by atoms with E-state index in [1.165, 1.54) is 7.11 Å². The Bertz CT molecular complexity index is 792. The molecule has 1 aliphatic rings. The Morgan fingerprint density at radius 2 is 2.00 bits per heavy atom. The van der Waals surface area contributed by atoms with Crippen molar-refractivity contribution in [2.45, 2.75) is 19.8 Å². The molecule has 156 valence electrons. The molecule has 0 saturated heterocycles. The number of rotatable bonds is 10. The van der Waals surface area contributed by atoms with Gasteiger partial charge in [0.1, 0.15) is 5.92 Å². The van der Waals surface area contributed by atoms with E-state index in [4.69, 9.17) is 9.47 Å². The third-order valence-corrected chi connectivity index (χ3v) is 5.51. The minimum absolute atomic E-state index is 0.221. The predicted molar refractivity (Wildman–Crippen MR) is 113 cm³/mol. The molecule has 2 unspecified atom stereocenters. The number of carbonyl (C=O) groups excluding carboxylic acids is 3. The van der Waals surface area contributed by atoms with Crippen molar-refractivity contribution in [1.82, 2.24) is 5.32 Å². The highest BCUT2D eigenvalue weighted by Crippen LogP contribution is 2.40. The van der Waals surface area contributed by atoms with Crippen LogP contribution >= 0.6 is 11.8 Å². The molecule has 1 aliphatic heterocycles. The van der Waals surface area contributed by atoms with Crippen molar-refractivity contribution in [3.8, 4) is 0 Å². The van der Waals surface area contributed by atoms with Crippen LogP contribution in [-0.4, -0.2) is 55.8 Å². The second-order valence-corrected chi connectivity index (χ2v) is 7.45. The molecule has 1 aromatic carbocycles. The first kappa shape index (κ1) is 22.7. The highest BCUT2D eigenvalue weighted by Gasteiger charge is 2.42. The normalized spacial score (nSPS) is 18.7. The van der Waals surface area contributed by atoms with Crippen LogP contribution in [0.1, 0.15) is 25.3 Å². The maximum atomic E-state index is 12.9. The molecular formula is C21H26N2O5S. The molecule has 8 heteroatoms. The molecule has 29 heavy (non-hydrogen) atoms. The second-order valence-electron chi connectivity index (χ2n) is 6.35. The number of ether oxygens (including phenoxy) is 2. The third kappa shape index (κ3) is 5.69. The molecule has 1 N–H and O–H groups in total. The van der Waals surface area contributed by atoms with Gasteiger partial charge >= 0.3 is 11.9 Å². The Morgan fingerprint density at radius 1 is 1.28 bits per heavy atom. The van der Waals surface area contributed by atoms with Crippen LogP contribution in [-0.2, 0) is 23.9 Å². The summed E-state index contributed by atoms with van der Waals surface area (Å²) in [5.41, 5.74) is 2.40. The average molecular weight is 419 g/mol. The number of amides is 1. The number of aliphatic imine (C=N–C) groups is 1. The summed E-state index contributed by atoms with van der Waals surface area (Å²) in [6.07, 6.45) is 0.652. The van der Waals surface area contributed by atoms with Crippen molar-refractivity contribution in [2.24, 2.45) is 10.9 Å². The number of esters is 2. The quantitative estimate of drug-likeness (QED) is 0.356. The largest absolute Gasteiger partial charge is 0.468 e. The standard InChI is InChI=1S/C21H26N2O5S/c1-4-28-21(26)19-16(12-29-11-10-22-13-24)23-14(2)17(20(25)27-3)18(19)15-8-6-5-7-9-15/h5-9,13,17-18H,4,10-12H2,1-3H3,(H,22,24). The monoisotopic (exact) mass is 418 g/mol. The van der Waals surface area contributed by atoms with Gasteiger partial charge in [-0.1, -0.05) is 30.3 Å².